The van der Waals surface area contributed by atoms with Gasteiger partial charge in [0.1, 0.15) is 0 Å². The van der Waals surface area contributed by atoms with Crippen molar-refractivity contribution in [1.29, 1.82) is 0 Å². The minimum Gasteiger partial charge on any atom is -0.123 e. The van der Waals surface area contributed by atoms with Crippen molar-refractivity contribution in [1.82, 2.24) is 0 Å². The van der Waals surface area contributed by atoms with E-state index in [1.807, 2.05) is 0 Å². The van der Waals surface area contributed by atoms with Crippen LogP contribution in [0.5, 0.6) is 0 Å². The van der Waals surface area contributed by atoms with Gasteiger partial charge in [-0.05, 0) is 12.3 Å². The molecule has 0 amide bonds. The molecule has 43 valence electrons. The van der Waals surface area contributed by atoms with E-state index in [9.17, 15) is 0 Å². The van der Waals surface area contributed by atoms with Gasteiger partial charge in [-0.25, -0.2) is 0 Å². The smallest absolute Gasteiger partial charge is 0.0359 e. The van der Waals surface area contributed by atoms with Crippen LogP contribution < -0.4 is 0 Å². The second-order valence-corrected chi connectivity index (χ2v) is 2.61. The van der Waals surface area contributed by atoms with Gasteiger partial charge in [-0.15, -0.1) is 11.6 Å². The van der Waals surface area contributed by atoms with E-state index < -0.39 is 0 Å². The van der Waals surface area contributed by atoms with Crippen LogP contribution in [0.25, 0.3) is 0 Å². The average Bonchev–Trinajstić information content (AvgIpc) is 1.65. The molecule has 0 aliphatic heterocycles. The molecule has 0 bridgehead atoms. The van der Waals surface area contributed by atoms with Crippen molar-refractivity contribution >= 4 is 11.6 Å². The largest absolute Gasteiger partial charge is 0.123 e. The van der Waals surface area contributed by atoms with E-state index in [1.165, 1.54) is 0 Å². The molecule has 0 aliphatic carbocycles. The van der Waals surface area contributed by atoms with Crippen molar-refractivity contribution < 1.29 is 0 Å². The molecule has 7 heavy (non-hydrogen) atoms. The summed E-state index contributed by atoms with van der Waals surface area (Å²) in [7, 11) is 0. The van der Waals surface area contributed by atoms with E-state index in [1.54, 1.807) is 0 Å². The molecule has 1 unspecified atom stereocenters. The molecular weight excluding hydrogens is 108 g/mol. The van der Waals surface area contributed by atoms with Gasteiger partial charge in [0.15, 0.2) is 0 Å². The average molecular weight is 120 g/mol. The topological polar surface area (TPSA) is 0 Å². The van der Waals surface area contributed by atoms with Gasteiger partial charge < -0.3 is 0 Å². The quantitative estimate of drug-likeness (QED) is 0.490. The third-order valence-electron chi connectivity index (χ3n) is 0.999. The summed E-state index contributed by atoms with van der Waals surface area (Å²) < 4.78 is 0. The molecule has 0 heterocycles. The predicted molar refractivity (Wildman–Crippen MR) is 34.5 cm³/mol. The lowest BCUT2D eigenvalue weighted by Crippen LogP contribution is -2.04. The predicted octanol–water partition coefficient (Wildman–Crippen LogP) is 2.47. The second-order valence-electron chi connectivity index (χ2n) is 2.05. The van der Waals surface area contributed by atoms with E-state index in [-0.39, 0.29) is 5.38 Å². The first-order chi connectivity index (χ1) is 3.18. The monoisotopic (exact) mass is 119 g/mol. The molecule has 0 aliphatic rings. The maximum absolute atomic E-state index is 5.74. The van der Waals surface area contributed by atoms with E-state index in [4.69, 9.17) is 11.6 Å². The van der Waals surface area contributed by atoms with Crippen LogP contribution in [0.1, 0.15) is 20.3 Å². The first-order valence-corrected chi connectivity index (χ1v) is 3.05. The summed E-state index contributed by atoms with van der Waals surface area (Å²) in [5.74, 6) is 0.569. The standard InChI is InChI=1S/C6H12Cl/c1-4-6(7)5(2)3/h5-6H,1,4H2,2-3H3. The normalized spacial score (nSPS) is 15.0. The molecule has 1 atom stereocenters. The third-order valence-corrected chi connectivity index (χ3v) is 1.72. The van der Waals surface area contributed by atoms with Crippen LogP contribution in [0, 0.1) is 12.8 Å². The molecule has 0 fully saturated rings. The van der Waals surface area contributed by atoms with Gasteiger partial charge in [-0.1, -0.05) is 20.8 Å². The zero-order chi connectivity index (χ0) is 5.86. The van der Waals surface area contributed by atoms with Crippen LogP contribution in [0.15, 0.2) is 0 Å². The maximum Gasteiger partial charge on any atom is 0.0359 e. The number of hydrogen-bond donors (Lipinski definition) is 0. The van der Waals surface area contributed by atoms with Gasteiger partial charge in [-0.3, -0.25) is 0 Å². The number of hydrogen-bond acceptors (Lipinski definition) is 0. The fraction of sp³-hybridized carbons (Fsp3) is 0.833. The van der Waals surface area contributed by atoms with E-state index in [2.05, 4.69) is 20.8 Å². The van der Waals surface area contributed by atoms with Crippen molar-refractivity contribution in [3.63, 3.8) is 0 Å². The van der Waals surface area contributed by atoms with Crippen molar-refractivity contribution in [2.24, 2.45) is 5.92 Å². The summed E-state index contributed by atoms with van der Waals surface area (Å²) in [5.41, 5.74) is 0. The van der Waals surface area contributed by atoms with Crippen LogP contribution in [0.3, 0.4) is 0 Å². The SMILES string of the molecule is [CH2]CC(Cl)C(C)C. The minimum atomic E-state index is 0.264. The molecular formula is C6H12Cl. The summed E-state index contributed by atoms with van der Waals surface area (Å²) in [6, 6.07) is 0. The molecule has 0 aromatic rings. The highest BCUT2D eigenvalue weighted by Crippen LogP contribution is 2.11. The Morgan fingerprint density at radius 1 is 1.57 bits per heavy atom. The lowest BCUT2D eigenvalue weighted by molar-refractivity contribution is 0.602. The van der Waals surface area contributed by atoms with E-state index in [0.29, 0.717) is 5.92 Å². The van der Waals surface area contributed by atoms with Gasteiger partial charge >= 0.3 is 0 Å². The first-order valence-electron chi connectivity index (χ1n) is 2.61. The van der Waals surface area contributed by atoms with Gasteiger partial charge in [0.25, 0.3) is 0 Å². The Labute approximate surface area is 50.9 Å². The molecule has 1 radical (unpaired) electrons. The molecule has 0 spiro atoms. The Balaban J connectivity index is 3.14. The minimum absolute atomic E-state index is 0.264. The maximum atomic E-state index is 5.74. The van der Waals surface area contributed by atoms with Gasteiger partial charge in [-0.2, -0.15) is 0 Å². The lowest BCUT2D eigenvalue weighted by Gasteiger charge is -2.07. The summed E-state index contributed by atoms with van der Waals surface area (Å²) >= 11 is 5.74. The van der Waals surface area contributed by atoms with E-state index >= 15 is 0 Å². The van der Waals surface area contributed by atoms with Gasteiger partial charge in [0, 0.05) is 5.38 Å². The molecule has 0 saturated heterocycles. The number of halogens is 1. The molecule has 0 rings (SSSR count). The summed E-state index contributed by atoms with van der Waals surface area (Å²) in [6.07, 6.45) is 0.833. The van der Waals surface area contributed by atoms with Crippen molar-refractivity contribution in [2.75, 3.05) is 0 Å². The van der Waals surface area contributed by atoms with E-state index in [0.717, 1.165) is 6.42 Å². The molecule has 0 N–H and O–H groups in total. The van der Waals surface area contributed by atoms with Gasteiger partial charge in [0.2, 0.25) is 0 Å². The first kappa shape index (κ1) is 7.29. The summed E-state index contributed by atoms with van der Waals surface area (Å²) in [5, 5.41) is 0.264. The molecule has 0 aromatic heterocycles. The molecule has 0 aromatic carbocycles. The molecule has 0 nitrogen and oxygen atoms in total. The fourth-order valence-electron chi connectivity index (χ4n) is 0.333. The van der Waals surface area contributed by atoms with Crippen LogP contribution in [-0.4, -0.2) is 5.38 Å². The van der Waals surface area contributed by atoms with Crippen LogP contribution in [0.4, 0.5) is 0 Å². The molecule has 1 heteroatoms. The zero-order valence-corrected chi connectivity index (χ0v) is 5.70. The van der Waals surface area contributed by atoms with Crippen molar-refractivity contribution in [2.45, 2.75) is 25.6 Å². The van der Waals surface area contributed by atoms with Crippen LogP contribution in [0.2, 0.25) is 0 Å². The van der Waals surface area contributed by atoms with Crippen LogP contribution >= 0.6 is 11.6 Å². The Hall–Kier alpha value is 0.290. The van der Waals surface area contributed by atoms with Crippen LogP contribution in [-0.2, 0) is 0 Å². The Morgan fingerprint density at radius 2 is 2.00 bits per heavy atom. The molecule has 0 saturated carbocycles. The third kappa shape index (κ3) is 2.93. The fourth-order valence-corrected chi connectivity index (χ4v) is 0.333. The van der Waals surface area contributed by atoms with Crippen molar-refractivity contribution in [3.8, 4) is 0 Å². The highest BCUT2D eigenvalue weighted by Gasteiger charge is 2.04. The lowest BCUT2D eigenvalue weighted by atomic mass is 10.1. The van der Waals surface area contributed by atoms with Crippen molar-refractivity contribution in [3.05, 3.63) is 6.92 Å². The Kier molecular flexibility index (Phi) is 3.45. The number of alkyl halides is 1. The summed E-state index contributed by atoms with van der Waals surface area (Å²) in [4.78, 5) is 0. The summed E-state index contributed by atoms with van der Waals surface area (Å²) in [6.45, 7) is 7.88. The Bertz CT molecular complexity index is 41.4. The number of rotatable bonds is 2. The Morgan fingerprint density at radius 3 is 2.00 bits per heavy atom. The second kappa shape index (κ2) is 3.31. The van der Waals surface area contributed by atoms with Gasteiger partial charge in [0.05, 0.1) is 0 Å². The highest BCUT2D eigenvalue weighted by atomic mass is 35.5. The zero-order valence-electron chi connectivity index (χ0n) is 4.95. The highest BCUT2D eigenvalue weighted by molar-refractivity contribution is 6.20.